The van der Waals surface area contributed by atoms with Crippen LogP contribution >= 0.6 is 0 Å². The summed E-state index contributed by atoms with van der Waals surface area (Å²) in [6.07, 6.45) is 3.49. The van der Waals surface area contributed by atoms with Crippen molar-refractivity contribution < 1.29 is 14.0 Å². The highest BCUT2D eigenvalue weighted by Gasteiger charge is 2.33. The van der Waals surface area contributed by atoms with Crippen LogP contribution in [0.15, 0.2) is 47.1 Å². The number of benzene rings is 1. The van der Waals surface area contributed by atoms with Crippen molar-refractivity contribution in [3.8, 4) is 0 Å². The molecular formula is C19H22N2O3. The van der Waals surface area contributed by atoms with Crippen molar-refractivity contribution in [1.29, 1.82) is 0 Å². The predicted octanol–water partition coefficient (Wildman–Crippen LogP) is 2.44. The topological polar surface area (TPSA) is 62.6 Å². The van der Waals surface area contributed by atoms with Crippen molar-refractivity contribution in [3.63, 3.8) is 0 Å². The summed E-state index contributed by atoms with van der Waals surface area (Å²) in [4.78, 5) is 26.8. The smallest absolute Gasteiger partial charge is 0.243 e. The number of hydrogen-bond donors (Lipinski definition) is 1. The Hall–Kier alpha value is -2.56. The van der Waals surface area contributed by atoms with Gasteiger partial charge in [-0.15, -0.1) is 0 Å². The largest absolute Gasteiger partial charge is 0.467 e. The molecular weight excluding hydrogens is 304 g/mol. The first-order valence-corrected chi connectivity index (χ1v) is 8.29. The summed E-state index contributed by atoms with van der Waals surface area (Å²) in [5.74, 6) is 0.612. The Morgan fingerprint density at radius 1 is 1.25 bits per heavy atom. The number of amides is 2. The molecule has 0 bridgehead atoms. The van der Waals surface area contributed by atoms with Crippen LogP contribution in [0.1, 0.15) is 29.7 Å². The molecule has 24 heavy (non-hydrogen) atoms. The average molecular weight is 326 g/mol. The lowest BCUT2D eigenvalue weighted by molar-refractivity contribution is -0.138. The first kappa shape index (κ1) is 16.3. The van der Waals surface area contributed by atoms with E-state index in [4.69, 9.17) is 4.42 Å². The molecule has 5 heteroatoms. The van der Waals surface area contributed by atoms with Gasteiger partial charge in [-0.25, -0.2) is 0 Å². The van der Waals surface area contributed by atoms with Gasteiger partial charge in [0.1, 0.15) is 11.8 Å². The van der Waals surface area contributed by atoms with Crippen LogP contribution in [0.3, 0.4) is 0 Å². The summed E-state index contributed by atoms with van der Waals surface area (Å²) < 4.78 is 5.22. The second-order valence-electron chi connectivity index (χ2n) is 6.15. The molecule has 0 spiro atoms. The second kappa shape index (κ2) is 7.34. The molecule has 2 heterocycles. The molecule has 0 saturated carbocycles. The van der Waals surface area contributed by atoms with E-state index >= 15 is 0 Å². The maximum atomic E-state index is 12.6. The lowest BCUT2D eigenvalue weighted by Crippen LogP contribution is -2.46. The Kier molecular flexibility index (Phi) is 4.99. The molecule has 1 aliphatic rings. The fourth-order valence-corrected chi connectivity index (χ4v) is 3.12. The Balaban J connectivity index is 1.61. The van der Waals surface area contributed by atoms with Gasteiger partial charge in [0.15, 0.2) is 0 Å². The summed E-state index contributed by atoms with van der Waals surface area (Å²) in [6, 6.07) is 11.1. The van der Waals surface area contributed by atoms with Gasteiger partial charge in [-0.1, -0.05) is 24.3 Å². The molecule has 1 aromatic heterocycles. The normalized spacial score (nSPS) is 17.0. The van der Waals surface area contributed by atoms with Gasteiger partial charge >= 0.3 is 0 Å². The van der Waals surface area contributed by atoms with Crippen molar-refractivity contribution in [2.45, 2.75) is 38.8 Å². The quantitative estimate of drug-likeness (QED) is 0.918. The van der Waals surface area contributed by atoms with Crippen LogP contribution in [0.2, 0.25) is 0 Å². The minimum atomic E-state index is -0.378. The van der Waals surface area contributed by atoms with E-state index in [1.807, 2.05) is 37.3 Å². The zero-order valence-electron chi connectivity index (χ0n) is 13.8. The fraction of sp³-hybridized carbons (Fsp3) is 0.368. The van der Waals surface area contributed by atoms with E-state index < -0.39 is 0 Å². The average Bonchev–Trinajstić information content (AvgIpc) is 3.26. The van der Waals surface area contributed by atoms with E-state index in [0.29, 0.717) is 31.7 Å². The van der Waals surface area contributed by atoms with Crippen molar-refractivity contribution in [2.24, 2.45) is 0 Å². The molecule has 3 rings (SSSR count). The minimum absolute atomic E-state index is 0.0138. The number of carbonyl (C=O) groups is 2. The third-order valence-electron chi connectivity index (χ3n) is 4.50. The van der Waals surface area contributed by atoms with E-state index in [1.54, 1.807) is 17.2 Å². The number of carbonyl (C=O) groups excluding carboxylic acids is 2. The van der Waals surface area contributed by atoms with Gasteiger partial charge in [-0.05, 0) is 43.0 Å². The van der Waals surface area contributed by atoms with Gasteiger partial charge in [0, 0.05) is 6.54 Å². The molecule has 126 valence electrons. The van der Waals surface area contributed by atoms with Crippen molar-refractivity contribution >= 4 is 11.8 Å². The number of aryl methyl sites for hydroxylation is 1. The van der Waals surface area contributed by atoms with Crippen LogP contribution in [0.5, 0.6) is 0 Å². The number of hydrogen-bond acceptors (Lipinski definition) is 3. The fourth-order valence-electron chi connectivity index (χ4n) is 3.12. The number of nitrogens with one attached hydrogen (secondary N) is 1. The van der Waals surface area contributed by atoms with Gasteiger partial charge in [0.05, 0.1) is 19.2 Å². The molecule has 0 unspecified atom stereocenters. The molecule has 1 fully saturated rings. The SMILES string of the molecule is Cc1ccccc1CC(=O)N1CCC[C@@H]1C(=O)NCc1ccco1. The lowest BCUT2D eigenvalue weighted by atomic mass is 10.0. The maximum absolute atomic E-state index is 12.6. The molecule has 2 amide bonds. The van der Waals surface area contributed by atoms with Gasteiger partial charge in [-0.3, -0.25) is 9.59 Å². The highest BCUT2D eigenvalue weighted by Crippen LogP contribution is 2.20. The summed E-state index contributed by atoms with van der Waals surface area (Å²) in [5, 5.41) is 2.86. The Morgan fingerprint density at radius 3 is 2.83 bits per heavy atom. The molecule has 1 aliphatic heterocycles. The van der Waals surface area contributed by atoms with Crippen LogP contribution in [0, 0.1) is 6.92 Å². The van der Waals surface area contributed by atoms with Crippen molar-refractivity contribution in [3.05, 3.63) is 59.5 Å². The summed E-state index contributed by atoms with van der Waals surface area (Å²) in [7, 11) is 0. The van der Waals surface area contributed by atoms with E-state index in [2.05, 4.69) is 5.32 Å². The van der Waals surface area contributed by atoms with E-state index in [9.17, 15) is 9.59 Å². The number of likely N-dealkylation sites (tertiary alicyclic amines) is 1. The Bertz CT molecular complexity index is 709. The molecule has 0 radical (unpaired) electrons. The first-order chi connectivity index (χ1) is 11.6. The highest BCUT2D eigenvalue weighted by molar-refractivity contribution is 5.89. The Labute approximate surface area is 141 Å². The third kappa shape index (κ3) is 3.67. The van der Waals surface area contributed by atoms with Crippen LogP contribution < -0.4 is 5.32 Å². The standard InChI is InChI=1S/C19H22N2O3/c1-14-6-2-3-7-15(14)12-18(22)21-10-4-9-17(21)19(23)20-13-16-8-5-11-24-16/h2-3,5-8,11,17H,4,9-10,12-13H2,1H3,(H,20,23)/t17-/m1/s1. The molecule has 5 nitrogen and oxygen atoms in total. The summed E-state index contributed by atoms with van der Waals surface area (Å²) in [6.45, 7) is 2.99. The van der Waals surface area contributed by atoms with Crippen LogP contribution in [0.25, 0.3) is 0 Å². The van der Waals surface area contributed by atoms with Crippen LogP contribution in [0.4, 0.5) is 0 Å². The minimum Gasteiger partial charge on any atom is -0.467 e. The van der Waals surface area contributed by atoms with Gasteiger partial charge in [-0.2, -0.15) is 0 Å². The maximum Gasteiger partial charge on any atom is 0.243 e. The second-order valence-corrected chi connectivity index (χ2v) is 6.15. The van der Waals surface area contributed by atoms with Crippen LogP contribution in [-0.2, 0) is 22.6 Å². The van der Waals surface area contributed by atoms with Gasteiger partial charge in [0.25, 0.3) is 0 Å². The zero-order valence-corrected chi connectivity index (χ0v) is 13.8. The van der Waals surface area contributed by atoms with E-state index in [0.717, 1.165) is 17.5 Å². The van der Waals surface area contributed by atoms with Crippen molar-refractivity contribution in [1.82, 2.24) is 10.2 Å². The van der Waals surface area contributed by atoms with Crippen molar-refractivity contribution in [2.75, 3.05) is 6.54 Å². The number of rotatable bonds is 5. The highest BCUT2D eigenvalue weighted by atomic mass is 16.3. The number of nitrogens with zero attached hydrogens (tertiary/aromatic N) is 1. The van der Waals surface area contributed by atoms with Gasteiger partial charge in [0.2, 0.25) is 11.8 Å². The third-order valence-corrected chi connectivity index (χ3v) is 4.50. The molecule has 1 N–H and O–H groups in total. The van der Waals surface area contributed by atoms with E-state index in [1.165, 1.54) is 0 Å². The first-order valence-electron chi connectivity index (χ1n) is 8.29. The zero-order chi connectivity index (χ0) is 16.9. The molecule has 1 aromatic carbocycles. The monoisotopic (exact) mass is 326 g/mol. The summed E-state index contributed by atoms with van der Waals surface area (Å²) in [5.41, 5.74) is 2.12. The Morgan fingerprint density at radius 2 is 2.08 bits per heavy atom. The molecule has 0 aliphatic carbocycles. The molecule has 1 atom stereocenters. The van der Waals surface area contributed by atoms with E-state index in [-0.39, 0.29) is 17.9 Å². The molecule has 2 aromatic rings. The predicted molar refractivity (Wildman–Crippen MR) is 90.2 cm³/mol. The number of furan rings is 1. The lowest BCUT2D eigenvalue weighted by Gasteiger charge is -2.24. The molecule has 1 saturated heterocycles. The summed E-state index contributed by atoms with van der Waals surface area (Å²) >= 11 is 0. The van der Waals surface area contributed by atoms with Gasteiger partial charge < -0.3 is 14.6 Å². The van der Waals surface area contributed by atoms with Crippen LogP contribution in [-0.4, -0.2) is 29.3 Å².